The zero-order valence-electron chi connectivity index (χ0n) is 14.6. The van der Waals surface area contributed by atoms with E-state index in [2.05, 4.69) is 0 Å². The molecular weight excluding hydrogens is 333 g/mol. The summed E-state index contributed by atoms with van der Waals surface area (Å²) in [7, 11) is 0. The van der Waals surface area contributed by atoms with Crippen LogP contribution in [0.4, 0.5) is 4.39 Å². The van der Waals surface area contributed by atoms with Crippen molar-refractivity contribution in [1.82, 2.24) is 4.90 Å². The molecule has 1 heterocycles. The number of hydrogen-bond donors (Lipinski definition) is 0. The smallest absolute Gasteiger partial charge is 0.254 e. The van der Waals surface area contributed by atoms with E-state index in [1.165, 1.54) is 25.0 Å². The number of rotatable bonds is 6. The maximum atomic E-state index is 13.0. The SMILES string of the molecule is O=C(c1cccc(Oc2ccc(F)cc2)c1)N1CCC(OCC2CC2)C1. The quantitative estimate of drug-likeness (QED) is 0.777. The van der Waals surface area contributed by atoms with Gasteiger partial charge < -0.3 is 14.4 Å². The number of nitrogens with zero attached hydrogens (tertiary/aromatic N) is 1. The van der Waals surface area contributed by atoms with E-state index >= 15 is 0 Å². The highest BCUT2D eigenvalue weighted by molar-refractivity contribution is 5.94. The Morgan fingerprint density at radius 3 is 2.65 bits per heavy atom. The van der Waals surface area contributed by atoms with Gasteiger partial charge in [0.2, 0.25) is 0 Å². The van der Waals surface area contributed by atoms with Gasteiger partial charge in [0.05, 0.1) is 6.10 Å². The average molecular weight is 355 g/mol. The first-order valence-electron chi connectivity index (χ1n) is 9.12. The maximum absolute atomic E-state index is 13.0. The molecule has 1 aliphatic carbocycles. The van der Waals surface area contributed by atoms with Crippen molar-refractivity contribution in [3.8, 4) is 11.5 Å². The zero-order chi connectivity index (χ0) is 17.9. The summed E-state index contributed by atoms with van der Waals surface area (Å²) >= 11 is 0. The van der Waals surface area contributed by atoms with E-state index < -0.39 is 0 Å². The van der Waals surface area contributed by atoms with Gasteiger partial charge in [-0.25, -0.2) is 4.39 Å². The summed E-state index contributed by atoms with van der Waals surface area (Å²) in [6.45, 7) is 2.19. The number of likely N-dealkylation sites (tertiary alicyclic amines) is 1. The first kappa shape index (κ1) is 17.0. The minimum Gasteiger partial charge on any atom is -0.457 e. The van der Waals surface area contributed by atoms with Crippen molar-refractivity contribution >= 4 is 5.91 Å². The maximum Gasteiger partial charge on any atom is 0.254 e. The lowest BCUT2D eigenvalue weighted by Gasteiger charge is -2.17. The lowest BCUT2D eigenvalue weighted by atomic mass is 10.2. The van der Waals surface area contributed by atoms with Crippen LogP contribution in [-0.2, 0) is 4.74 Å². The van der Waals surface area contributed by atoms with Crippen LogP contribution in [0, 0.1) is 11.7 Å². The van der Waals surface area contributed by atoms with Crippen molar-refractivity contribution in [3.63, 3.8) is 0 Å². The molecule has 4 rings (SSSR count). The molecular formula is C21H22FNO3. The van der Waals surface area contributed by atoms with E-state index in [1.54, 1.807) is 36.4 Å². The fraction of sp³-hybridized carbons (Fsp3) is 0.381. The largest absolute Gasteiger partial charge is 0.457 e. The third-order valence-corrected chi connectivity index (χ3v) is 4.83. The van der Waals surface area contributed by atoms with Crippen LogP contribution in [0.1, 0.15) is 29.6 Å². The predicted molar refractivity (Wildman–Crippen MR) is 95.9 cm³/mol. The van der Waals surface area contributed by atoms with Crippen LogP contribution in [0.2, 0.25) is 0 Å². The Morgan fingerprint density at radius 2 is 1.88 bits per heavy atom. The van der Waals surface area contributed by atoms with Crippen LogP contribution in [0.15, 0.2) is 48.5 Å². The van der Waals surface area contributed by atoms with Crippen molar-refractivity contribution < 1.29 is 18.7 Å². The third kappa shape index (κ3) is 4.22. The fourth-order valence-corrected chi connectivity index (χ4v) is 3.12. The molecule has 1 unspecified atom stereocenters. The van der Waals surface area contributed by atoms with Gasteiger partial charge in [0.15, 0.2) is 0 Å². The molecule has 2 aromatic carbocycles. The molecule has 0 N–H and O–H groups in total. The minimum atomic E-state index is -0.311. The summed E-state index contributed by atoms with van der Waals surface area (Å²) in [5, 5.41) is 0. The Labute approximate surface area is 152 Å². The summed E-state index contributed by atoms with van der Waals surface area (Å²) < 4.78 is 24.6. The molecule has 1 amide bonds. The second-order valence-corrected chi connectivity index (χ2v) is 7.02. The fourth-order valence-electron chi connectivity index (χ4n) is 3.12. The highest BCUT2D eigenvalue weighted by Gasteiger charge is 2.30. The molecule has 2 fully saturated rings. The molecule has 136 valence electrons. The Balaban J connectivity index is 1.37. The molecule has 2 aliphatic rings. The number of carbonyl (C=O) groups is 1. The van der Waals surface area contributed by atoms with E-state index in [1.807, 2.05) is 4.90 Å². The lowest BCUT2D eigenvalue weighted by Crippen LogP contribution is -2.30. The Morgan fingerprint density at radius 1 is 1.08 bits per heavy atom. The summed E-state index contributed by atoms with van der Waals surface area (Å²) in [6.07, 6.45) is 3.59. The van der Waals surface area contributed by atoms with Crippen LogP contribution in [0.5, 0.6) is 11.5 Å². The van der Waals surface area contributed by atoms with Crippen molar-refractivity contribution in [1.29, 1.82) is 0 Å². The molecule has 1 aliphatic heterocycles. The highest BCUT2D eigenvalue weighted by atomic mass is 19.1. The van der Waals surface area contributed by atoms with Gasteiger partial charge in [0.1, 0.15) is 17.3 Å². The van der Waals surface area contributed by atoms with Crippen molar-refractivity contribution in [2.45, 2.75) is 25.4 Å². The normalized spacial score (nSPS) is 19.6. The highest BCUT2D eigenvalue weighted by Crippen LogP contribution is 2.30. The number of amides is 1. The van der Waals surface area contributed by atoms with Crippen LogP contribution < -0.4 is 4.74 Å². The van der Waals surface area contributed by atoms with Crippen LogP contribution in [0.25, 0.3) is 0 Å². The average Bonchev–Trinajstić information content (AvgIpc) is 3.37. The van der Waals surface area contributed by atoms with Gasteiger partial charge in [-0.2, -0.15) is 0 Å². The van der Waals surface area contributed by atoms with Gasteiger partial charge in [-0.1, -0.05) is 6.07 Å². The molecule has 0 bridgehead atoms. The molecule has 5 heteroatoms. The van der Waals surface area contributed by atoms with Gasteiger partial charge in [0, 0.05) is 25.3 Å². The second kappa shape index (κ2) is 7.46. The zero-order valence-corrected chi connectivity index (χ0v) is 14.6. The summed E-state index contributed by atoms with van der Waals surface area (Å²) in [5.74, 6) is 1.51. The van der Waals surface area contributed by atoms with Crippen LogP contribution >= 0.6 is 0 Å². The topological polar surface area (TPSA) is 38.8 Å². The van der Waals surface area contributed by atoms with Crippen molar-refractivity contribution in [2.24, 2.45) is 5.92 Å². The van der Waals surface area contributed by atoms with E-state index in [9.17, 15) is 9.18 Å². The van der Waals surface area contributed by atoms with E-state index in [-0.39, 0.29) is 17.8 Å². The molecule has 26 heavy (non-hydrogen) atoms. The van der Waals surface area contributed by atoms with Crippen LogP contribution in [-0.4, -0.2) is 36.6 Å². The van der Waals surface area contributed by atoms with E-state index in [0.29, 0.717) is 23.6 Å². The van der Waals surface area contributed by atoms with Crippen molar-refractivity contribution in [2.75, 3.05) is 19.7 Å². The number of carbonyl (C=O) groups excluding carboxylic acids is 1. The van der Waals surface area contributed by atoms with Gasteiger partial charge in [0.25, 0.3) is 5.91 Å². The molecule has 1 saturated heterocycles. The summed E-state index contributed by atoms with van der Waals surface area (Å²) in [4.78, 5) is 14.6. The van der Waals surface area contributed by atoms with Crippen molar-refractivity contribution in [3.05, 3.63) is 59.9 Å². The lowest BCUT2D eigenvalue weighted by molar-refractivity contribution is 0.0480. The molecule has 0 aromatic heterocycles. The Kier molecular flexibility index (Phi) is 4.89. The van der Waals surface area contributed by atoms with Gasteiger partial charge in [-0.05, 0) is 67.6 Å². The van der Waals surface area contributed by atoms with E-state index in [0.717, 1.165) is 25.5 Å². The Hall–Kier alpha value is -2.40. The molecule has 0 radical (unpaired) electrons. The number of hydrogen-bond acceptors (Lipinski definition) is 3. The number of ether oxygens (including phenoxy) is 2. The standard InChI is InChI=1S/C21H22FNO3/c22-17-6-8-18(9-7-17)26-19-3-1-2-16(12-19)21(24)23-11-10-20(13-23)25-14-15-4-5-15/h1-3,6-9,12,15,20H,4-5,10-11,13-14H2. The summed E-state index contributed by atoms with van der Waals surface area (Å²) in [5.41, 5.74) is 0.590. The molecule has 1 saturated carbocycles. The molecule has 0 spiro atoms. The first-order chi connectivity index (χ1) is 12.7. The van der Waals surface area contributed by atoms with E-state index in [4.69, 9.17) is 9.47 Å². The predicted octanol–water partition coefficient (Wildman–Crippen LogP) is 4.26. The number of benzene rings is 2. The van der Waals surface area contributed by atoms with Gasteiger partial charge in [-0.15, -0.1) is 0 Å². The molecule has 1 atom stereocenters. The number of halogens is 1. The second-order valence-electron chi connectivity index (χ2n) is 7.02. The molecule has 2 aromatic rings. The first-order valence-corrected chi connectivity index (χ1v) is 9.12. The minimum absolute atomic E-state index is 0.00734. The van der Waals surface area contributed by atoms with Crippen LogP contribution in [0.3, 0.4) is 0 Å². The van der Waals surface area contributed by atoms with Gasteiger partial charge in [-0.3, -0.25) is 4.79 Å². The summed E-state index contributed by atoms with van der Waals surface area (Å²) in [6, 6.07) is 12.9. The monoisotopic (exact) mass is 355 g/mol. The molecule has 4 nitrogen and oxygen atoms in total. The van der Waals surface area contributed by atoms with Gasteiger partial charge >= 0.3 is 0 Å². The third-order valence-electron chi connectivity index (χ3n) is 4.83. The Bertz CT molecular complexity index is 773.